The number of hydrogen-bond acceptors (Lipinski definition) is 5. The normalized spacial score (nSPS) is 17.4. The van der Waals surface area contributed by atoms with E-state index in [4.69, 9.17) is 28.3 Å². The number of hydrogen-bond donors (Lipinski definition) is 3. The molecule has 10 heteroatoms. The van der Waals surface area contributed by atoms with Gasteiger partial charge in [-0.1, -0.05) is 41.4 Å². The lowest BCUT2D eigenvalue weighted by molar-refractivity contribution is -0.141. The molecule has 3 N–H and O–H groups in total. The molecule has 2 aromatic carbocycles. The van der Waals surface area contributed by atoms with Gasteiger partial charge < -0.3 is 14.9 Å². The first-order chi connectivity index (χ1) is 14.2. The van der Waals surface area contributed by atoms with Gasteiger partial charge in [0.2, 0.25) is 5.54 Å². The van der Waals surface area contributed by atoms with E-state index in [0.29, 0.717) is 0 Å². The van der Waals surface area contributed by atoms with Gasteiger partial charge in [0.1, 0.15) is 0 Å². The van der Waals surface area contributed by atoms with E-state index in [1.165, 1.54) is 24.3 Å². The zero-order valence-corrected chi connectivity index (χ0v) is 16.9. The van der Waals surface area contributed by atoms with E-state index in [1.54, 1.807) is 12.1 Å². The van der Waals surface area contributed by atoms with Gasteiger partial charge in [-0.25, -0.2) is 14.4 Å². The number of para-hydroxylation sites is 1. The lowest BCUT2D eigenvalue weighted by atomic mass is 9.82. The molecular formula is C20H14Cl2N2O6. The van der Waals surface area contributed by atoms with Gasteiger partial charge in [0.05, 0.1) is 23.2 Å². The topological polar surface area (TPSA) is 125 Å². The number of nitrogens with zero attached hydrogens (tertiary/aromatic N) is 1. The molecule has 8 nitrogen and oxygen atoms in total. The fourth-order valence-corrected chi connectivity index (χ4v) is 3.83. The van der Waals surface area contributed by atoms with Crippen LogP contribution in [0, 0.1) is 0 Å². The Morgan fingerprint density at radius 1 is 1.17 bits per heavy atom. The van der Waals surface area contributed by atoms with Gasteiger partial charge in [-0.05, 0) is 24.3 Å². The number of nitrogens with one attached hydrogen (secondary N) is 1. The van der Waals surface area contributed by atoms with Gasteiger partial charge in [0.15, 0.2) is 0 Å². The van der Waals surface area contributed by atoms with E-state index in [-0.39, 0.29) is 37.4 Å². The summed E-state index contributed by atoms with van der Waals surface area (Å²) >= 11 is 12.4. The van der Waals surface area contributed by atoms with Gasteiger partial charge in [-0.3, -0.25) is 10.3 Å². The van der Waals surface area contributed by atoms with Crippen LogP contribution in [0.15, 0.2) is 53.5 Å². The Balaban J connectivity index is 2.44. The zero-order chi connectivity index (χ0) is 22.1. The van der Waals surface area contributed by atoms with Crippen molar-refractivity contribution in [2.75, 3.05) is 12.4 Å². The molecule has 30 heavy (non-hydrogen) atoms. The van der Waals surface area contributed by atoms with E-state index in [0.717, 1.165) is 19.3 Å². The highest BCUT2D eigenvalue weighted by Crippen LogP contribution is 2.41. The summed E-state index contributed by atoms with van der Waals surface area (Å²) in [4.78, 5) is 40.0. The van der Waals surface area contributed by atoms with E-state index >= 15 is 0 Å². The molecule has 1 amide bonds. The minimum Gasteiger partial charge on any atom is -0.479 e. The Hall–Kier alpha value is -3.36. The lowest BCUT2D eigenvalue weighted by Crippen LogP contribution is -2.36. The second kappa shape index (κ2) is 8.17. The number of rotatable bonds is 5. The number of methoxy groups -OCH3 is 1. The maximum Gasteiger partial charge on any atom is 0.411 e. The molecule has 0 bridgehead atoms. The summed E-state index contributed by atoms with van der Waals surface area (Å²) in [6.07, 6.45) is 1.10. The fraction of sp³-hybridized carbons (Fsp3) is 0.100. The van der Waals surface area contributed by atoms with Crippen molar-refractivity contribution in [3.8, 4) is 0 Å². The SMILES string of the molecule is COC(=O)Nc1ccccc1C1(C(=O)O)N=c2cc(Cl)cc(Cl)c2=C1C=CC(=O)O. The van der Waals surface area contributed by atoms with Crippen LogP contribution in [0.4, 0.5) is 10.5 Å². The predicted molar refractivity (Wildman–Crippen MR) is 109 cm³/mol. The highest BCUT2D eigenvalue weighted by atomic mass is 35.5. The highest BCUT2D eigenvalue weighted by Gasteiger charge is 2.48. The van der Waals surface area contributed by atoms with Crippen molar-refractivity contribution in [1.29, 1.82) is 0 Å². The van der Waals surface area contributed by atoms with Crippen molar-refractivity contribution in [2.45, 2.75) is 5.54 Å². The van der Waals surface area contributed by atoms with Gasteiger partial charge >= 0.3 is 18.0 Å². The number of benzene rings is 2. The molecule has 1 aliphatic rings. The van der Waals surface area contributed by atoms with Gasteiger partial charge in [-0.2, -0.15) is 0 Å². The van der Waals surface area contributed by atoms with Crippen LogP contribution in [0.2, 0.25) is 10.0 Å². The van der Waals surface area contributed by atoms with Crippen molar-refractivity contribution in [2.24, 2.45) is 4.99 Å². The molecule has 0 saturated carbocycles. The summed E-state index contributed by atoms with van der Waals surface area (Å²) in [7, 11) is 1.16. The van der Waals surface area contributed by atoms with Crippen molar-refractivity contribution in [3.63, 3.8) is 0 Å². The third-order valence-corrected chi connectivity index (χ3v) is 4.94. The molecular weight excluding hydrogens is 435 g/mol. The fourth-order valence-electron chi connectivity index (χ4n) is 3.25. The summed E-state index contributed by atoms with van der Waals surface area (Å²) < 4.78 is 4.60. The largest absolute Gasteiger partial charge is 0.479 e. The molecule has 2 aromatic rings. The second-order valence-corrected chi connectivity index (χ2v) is 7.00. The highest BCUT2D eigenvalue weighted by molar-refractivity contribution is 6.34. The van der Waals surface area contributed by atoms with Gasteiger partial charge in [0, 0.05) is 27.5 Å². The summed E-state index contributed by atoms with van der Waals surface area (Å²) in [6.45, 7) is 0. The van der Waals surface area contributed by atoms with Gasteiger partial charge in [0.25, 0.3) is 0 Å². The van der Waals surface area contributed by atoms with Gasteiger partial charge in [-0.15, -0.1) is 0 Å². The number of ether oxygens (including phenoxy) is 1. The predicted octanol–water partition coefficient (Wildman–Crippen LogP) is 2.58. The molecule has 0 fully saturated rings. The number of carboxylic acids is 2. The Morgan fingerprint density at radius 2 is 1.87 bits per heavy atom. The van der Waals surface area contributed by atoms with Crippen LogP contribution in [0.1, 0.15) is 5.56 Å². The molecule has 1 unspecified atom stereocenters. The van der Waals surface area contributed by atoms with E-state index in [9.17, 15) is 19.5 Å². The molecule has 1 heterocycles. The Kier molecular flexibility index (Phi) is 5.82. The number of carbonyl (C=O) groups excluding carboxylic acids is 1. The average Bonchev–Trinajstić information content (AvgIpc) is 3.01. The number of carboxylic acid groups (broad SMARTS) is 2. The minimum atomic E-state index is -2.10. The molecule has 3 rings (SSSR count). The number of halogens is 2. The molecule has 0 aliphatic carbocycles. The number of aliphatic carboxylic acids is 2. The zero-order valence-electron chi connectivity index (χ0n) is 15.3. The van der Waals surface area contributed by atoms with Crippen molar-refractivity contribution in [1.82, 2.24) is 0 Å². The smallest absolute Gasteiger partial charge is 0.411 e. The minimum absolute atomic E-state index is 0.00758. The van der Waals surface area contributed by atoms with E-state index < -0.39 is 23.6 Å². The number of amides is 1. The molecule has 1 atom stereocenters. The first-order valence-electron chi connectivity index (χ1n) is 8.39. The van der Waals surface area contributed by atoms with Crippen LogP contribution in [-0.4, -0.2) is 35.4 Å². The van der Waals surface area contributed by atoms with Crippen LogP contribution in [0.3, 0.4) is 0 Å². The number of carbonyl (C=O) groups is 3. The first-order valence-corrected chi connectivity index (χ1v) is 9.15. The third-order valence-electron chi connectivity index (χ3n) is 4.42. The van der Waals surface area contributed by atoms with Crippen molar-refractivity contribution >= 4 is 52.5 Å². The van der Waals surface area contributed by atoms with E-state index in [1.807, 2.05) is 0 Å². The summed E-state index contributed by atoms with van der Waals surface area (Å²) in [5.41, 5.74) is -1.89. The van der Waals surface area contributed by atoms with Crippen LogP contribution in [-0.2, 0) is 19.9 Å². The number of anilines is 1. The maximum atomic E-state index is 12.6. The van der Waals surface area contributed by atoms with Crippen molar-refractivity contribution in [3.05, 3.63) is 74.7 Å². The quantitative estimate of drug-likeness (QED) is 0.603. The molecule has 0 radical (unpaired) electrons. The Morgan fingerprint density at radius 3 is 2.50 bits per heavy atom. The lowest BCUT2D eigenvalue weighted by Gasteiger charge is -2.27. The molecule has 1 aliphatic heterocycles. The van der Waals surface area contributed by atoms with E-state index in [2.05, 4.69) is 15.0 Å². The molecule has 154 valence electrons. The standard InChI is InChI=1S/C20H14Cl2N2O6/c1-30-19(29)23-14-5-3-2-4-11(14)20(18(27)28)12(6-7-16(25)26)17-13(22)8-10(21)9-15(17)24-20/h2-9H,1H3,(H,23,29)(H,25,26)(H,27,28). The maximum absolute atomic E-state index is 12.6. The van der Waals surface area contributed by atoms with Crippen LogP contribution in [0.5, 0.6) is 0 Å². The summed E-state index contributed by atoms with van der Waals surface area (Å²) in [5, 5.41) is 22.6. The van der Waals surface area contributed by atoms with Crippen LogP contribution >= 0.6 is 23.2 Å². The molecule has 0 saturated heterocycles. The first kappa shape index (κ1) is 21.4. The average molecular weight is 449 g/mol. The summed E-state index contributed by atoms with van der Waals surface area (Å²) in [6, 6.07) is 8.92. The number of fused-ring (bicyclic) bond motifs is 1. The second-order valence-electron chi connectivity index (χ2n) is 6.16. The third kappa shape index (κ3) is 3.62. The monoisotopic (exact) mass is 448 g/mol. The van der Waals surface area contributed by atoms with Crippen molar-refractivity contribution < 1.29 is 29.3 Å². The Bertz CT molecular complexity index is 1220. The van der Waals surface area contributed by atoms with Crippen LogP contribution in [0.25, 0.3) is 5.57 Å². The molecule has 0 aromatic heterocycles. The summed E-state index contributed by atoms with van der Waals surface area (Å²) in [5.74, 6) is -2.70. The molecule has 0 spiro atoms. The van der Waals surface area contributed by atoms with Crippen LogP contribution < -0.4 is 15.9 Å². The Labute approximate surface area is 179 Å².